The van der Waals surface area contributed by atoms with E-state index in [0.29, 0.717) is 54.3 Å². The van der Waals surface area contributed by atoms with Gasteiger partial charge in [-0.3, -0.25) is 4.79 Å². The van der Waals surface area contributed by atoms with Gasteiger partial charge in [-0.25, -0.2) is 14.4 Å². The summed E-state index contributed by atoms with van der Waals surface area (Å²) in [5, 5.41) is 7.92. The highest BCUT2D eigenvalue weighted by atomic mass is 19.1. The molecule has 0 spiro atoms. The Balaban J connectivity index is 1.38. The number of benzene rings is 2. The van der Waals surface area contributed by atoms with Gasteiger partial charge in [0.2, 0.25) is 11.8 Å². The summed E-state index contributed by atoms with van der Waals surface area (Å²) < 4.78 is 21.0. The van der Waals surface area contributed by atoms with Crippen LogP contribution in [0, 0.1) is 12.7 Å². The van der Waals surface area contributed by atoms with Crippen molar-refractivity contribution in [2.45, 2.75) is 19.9 Å². The van der Waals surface area contributed by atoms with Crippen LogP contribution in [0.15, 0.2) is 42.7 Å². The number of pyridine rings is 2. The fourth-order valence-electron chi connectivity index (χ4n) is 4.87. The monoisotopic (exact) mass is 484 g/mol. The van der Waals surface area contributed by atoms with E-state index < -0.39 is 5.82 Å². The van der Waals surface area contributed by atoms with Crippen molar-refractivity contribution in [3.63, 3.8) is 0 Å². The molecule has 1 amide bonds. The minimum Gasteiger partial charge on any atom is -0.474 e. The van der Waals surface area contributed by atoms with Crippen LogP contribution in [0.1, 0.15) is 16.7 Å². The fraction of sp³-hybridized carbons (Fsp3) is 0.222. The second kappa shape index (κ2) is 8.37. The third-order valence-electron chi connectivity index (χ3n) is 6.89. The number of nitrogens with zero attached hydrogens (tertiary/aromatic N) is 3. The van der Waals surface area contributed by atoms with Crippen molar-refractivity contribution < 1.29 is 13.9 Å². The van der Waals surface area contributed by atoms with Crippen molar-refractivity contribution in [1.82, 2.24) is 14.9 Å². The molecule has 0 unspecified atom stereocenters. The molecule has 8 nitrogen and oxygen atoms in total. The molecule has 9 heteroatoms. The van der Waals surface area contributed by atoms with Gasteiger partial charge in [0.15, 0.2) is 5.82 Å². The molecule has 6 rings (SSSR count). The maximum absolute atomic E-state index is 15.4. The number of carbonyl (C=O) groups excluding carboxylic acids is 1. The van der Waals surface area contributed by atoms with Crippen molar-refractivity contribution in [2.75, 3.05) is 36.6 Å². The number of halogens is 1. The number of nitrogens with one attached hydrogen (secondary N) is 2. The summed E-state index contributed by atoms with van der Waals surface area (Å²) in [5.41, 5.74) is 11.9. The number of fused-ring (bicyclic) bond motifs is 3. The molecule has 0 fully saturated rings. The first-order valence-electron chi connectivity index (χ1n) is 11.8. The van der Waals surface area contributed by atoms with E-state index in [1.54, 1.807) is 30.4 Å². The normalized spacial score (nSPS) is 14.6. The second-order valence-electron chi connectivity index (χ2n) is 9.23. The van der Waals surface area contributed by atoms with Crippen LogP contribution in [0.2, 0.25) is 0 Å². The SMILES string of the molecule is Cc1c(-c2cc3cc(Nc4ccc5c(c4)CN(C)C(=O)C5)ncc3c(N)c2F)cnc2c1NCCO2. The largest absolute Gasteiger partial charge is 0.474 e. The van der Waals surface area contributed by atoms with Gasteiger partial charge in [-0.05, 0) is 53.3 Å². The van der Waals surface area contributed by atoms with Crippen LogP contribution >= 0.6 is 0 Å². The van der Waals surface area contributed by atoms with Crippen molar-refractivity contribution in [3.8, 4) is 17.0 Å². The van der Waals surface area contributed by atoms with E-state index in [1.807, 2.05) is 31.2 Å². The van der Waals surface area contributed by atoms with Gasteiger partial charge >= 0.3 is 0 Å². The van der Waals surface area contributed by atoms with Gasteiger partial charge in [-0.2, -0.15) is 0 Å². The second-order valence-corrected chi connectivity index (χ2v) is 9.23. The summed E-state index contributed by atoms with van der Waals surface area (Å²) in [7, 11) is 1.81. The molecule has 0 bridgehead atoms. The van der Waals surface area contributed by atoms with E-state index in [4.69, 9.17) is 10.5 Å². The maximum atomic E-state index is 15.4. The molecule has 2 aliphatic heterocycles. The molecule has 4 aromatic rings. The minimum atomic E-state index is -0.500. The lowest BCUT2D eigenvalue weighted by Gasteiger charge is -2.25. The Morgan fingerprint density at radius 2 is 2.00 bits per heavy atom. The highest BCUT2D eigenvalue weighted by Gasteiger charge is 2.22. The highest BCUT2D eigenvalue weighted by Crippen LogP contribution is 2.39. The summed E-state index contributed by atoms with van der Waals surface area (Å²) in [6.07, 6.45) is 3.62. The molecule has 36 heavy (non-hydrogen) atoms. The Bertz CT molecular complexity index is 1550. The number of amides is 1. The van der Waals surface area contributed by atoms with E-state index in [2.05, 4.69) is 20.6 Å². The predicted octanol–water partition coefficient (Wildman–Crippen LogP) is 4.39. The molecule has 182 valence electrons. The van der Waals surface area contributed by atoms with Crippen molar-refractivity contribution in [1.29, 1.82) is 0 Å². The van der Waals surface area contributed by atoms with Crippen LogP contribution in [0.3, 0.4) is 0 Å². The first kappa shape index (κ1) is 22.1. The van der Waals surface area contributed by atoms with Gasteiger partial charge < -0.3 is 26.0 Å². The number of ether oxygens (including phenoxy) is 1. The predicted molar refractivity (Wildman–Crippen MR) is 138 cm³/mol. The Kier molecular flexibility index (Phi) is 5.13. The zero-order valence-electron chi connectivity index (χ0n) is 20.0. The molecule has 2 aromatic carbocycles. The molecule has 2 aliphatic rings. The maximum Gasteiger partial charge on any atom is 0.237 e. The fourth-order valence-corrected chi connectivity index (χ4v) is 4.87. The Labute approximate surface area is 207 Å². The van der Waals surface area contributed by atoms with Crippen LogP contribution in [-0.4, -0.2) is 41.0 Å². The standard InChI is InChI=1S/C27H25FN6O2/c1-14-20(11-32-27-26(14)30-5-6-36-27)19-8-16-9-22(31-12-21(16)25(29)24(19)28)33-18-4-3-15-10-23(35)34(2)13-17(15)7-18/h3-4,7-9,11-12,30H,5-6,10,13,29H2,1-2H3,(H,31,33). The molecule has 0 saturated carbocycles. The Morgan fingerprint density at radius 3 is 2.86 bits per heavy atom. The molecular formula is C27H25FN6O2. The molecule has 0 saturated heterocycles. The van der Waals surface area contributed by atoms with E-state index in [1.165, 1.54) is 0 Å². The molecular weight excluding hydrogens is 459 g/mol. The summed E-state index contributed by atoms with van der Waals surface area (Å²) in [6, 6.07) is 9.57. The van der Waals surface area contributed by atoms with Crippen molar-refractivity contribution in [2.24, 2.45) is 0 Å². The third-order valence-corrected chi connectivity index (χ3v) is 6.89. The average molecular weight is 485 g/mol. The van der Waals surface area contributed by atoms with E-state index in [9.17, 15) is 4.79 Å². The topological polar surface area (TPSA) is 105 Å². The van der Waals surface area contributed by atoms with Crippen LogP contribution < -0.4 is 21.1 Å². The van der Waals surface area contributed by atoms with Crippen LogP contribution in [-0.2, 0) is 17.8 Å². The number of aromatic nitrogens is 2. The van der Waals surface area contributed by atoms with Gasteiger partial charge in [-0.15, -0.1) is 0 Å². The molecule has 0 aliphatic carbocycles. The number of carbonyl (C=O) groups is 1. The zero-order chi connectivity index (χ0) is 25.0. The number of nitrogens with two attached hydrogens (primary N) is 1. The minimum absolute atomic E-state index is 0.0457. The van der Waals surface area contributed by atoms with Gasteiger partial charge in [0.05, 0.1) is 12.1 Å². The lowest BCUT2D eigenvalue weighted by molar-refractivity contribution is -0.130. The zero-order valence-corrected chi connectivity index (χ0v) is 20.0. The highest BCUT2D eigenvalue weighted by molar-refractivity contribution is 5.98. The van der Waals surface area contributed by atoms with E-state index in [-0.39, 0.29) is 11.6 Å². The molecule has 4 heterocycles. The van der Waals surface area contributed by atoms with Crippen LogP contribution in [0.5, 0.6) is 5.88 Å². The Hall–Kier alpha value is -4.40. The number of nitrogen functional groups attached to an aromatic ring is 1. The smallest absolute Gasteiger partial charge is 0.237 e. The molecule has 2 aromatic heterocycles. The summed E-state index contributed by atoms with van der Waals surface area (Å²) >= 11 is 0. The number of likely N-dealkylation sites (N-methyl/N-ethyl adjacent to an activating group) is 1. The van der Waals surface area contributed by atoms with E-state index >= 15 is 4.39 Å². The molecule has 0 atom stereocenters. The first-order valence-corrected chi connectivity index (χ1v) is 11.8. The van der Waals surface area contributed by atoms with Gasteiger partial charge in [-0.1, -0.05) is 6.07 Å². The number of hydrogen-bond donors (Lipinski definition) is 3. The summed E-state index contributed by atoms with van der Waals surface area (Å²) in [5.74, 6) is 0.746. The number of hydrogen-bond acceptors (Lipinski definition) is 7. The third kappa shape index (κ3) is 3.64. The Morgan fingerprint density at radius 1 is 1.14 bits per heavy atom. The molecule has 4 N–H and O–H groups in total. The van der Waals surface area contributed by atoms with Gasteiger partial charge in [0, 0.05) is 54.7 Å². The van der Waals surface area contributed by atoms with Crippen LogP contribution in [0.25, 0.3) is 21.9 Å². The number of anilines is 4. The van der Waals surface area contributed by atoms with Crippen molar-refractivity contribution >= 4 is 39.6 Å². The van der Waals surface area contributed by atoms with E-state index in [0.717, 1.165) is 33.5 Å². The lowest BCUT2D eigenvalue weighted by atomic mass is 9.97. The first-order chi connectivity index (χ1) is 17.4. The number of rotatable bonds is 3. The van der Waals surface area contributed by atoms with Gasteiger partial charge in [0.1, 0.15) is 18.1 Å². The van der Waals surface area contributed by atoms with Crippen molar-refractivity contribution in [3.05, 3.63) is 65.2 Å². The quantitative estimate of drug-likeness (QED) is 0.371. The summed E-state index contributed by atoms with van der Waals surface area (Å²) in [6.45, 7) is 3.69. The lowest BCUT2D eigenvalue weighted by Crippen LogP contribution is -2.32. The van der Waals surface area contributed by atoms with Crippen LogP contribution in [0.4, 0.5) is 27.3 Å². The van der Waals surface area contributed by atoms with Gasteiger partial charge in [0.25, 0.3) is 0 Å². The summed E-state index contributed by atoms with van der Waals surface area (Å²) in [4.78, 5) is 22.5. The molecule has 0 radical (unpaired) electrons. The average Bonchev–Trinajstić information content (AvgIpc) is 2.88.